The molecule has 0 saturated heterocycles. The van der Waals surface area contributed by atoms with Gasteiger partial charge in [-0.15, -0.1) is 0 Å². The van der Waals surface area contributed by atoms with E-state index in [0.29, 0.717) is 12.2 Å². The van der Waals surface area contributed by atoms with Crippen LogP contribution < -0.4 is 10.1 Å². The maximum absolute atomic E-state index is 12.4. The molecular formula is C18H14N4O5. The SMILES string of the molecule is O=C1COc2ccc(CNC(=O)c3cc(C(=O)O)n4nccc4n3)cc2C1. The summed E-state index contributed by atoms with van der Waals surface area (Å²) in [5.41, 5.74) is 1.68. The van der Waals surface area contributed by atoms with Crippen molar-refractivity contribution in [2.75, 3.05) is 6.61 Å². The minimum Gasteiger partial charge on any atom is -0.486 e. The summed E-state index contributed by atoms with van der Waals surface area (Å²) in [5, 5.41) is 15.9. The summed E-state index contributed by atoms with van der Waals surface area (Å²) in [5.74, 6) is -1.04. The molecule has 4 rings (SSSR count). The average molecular weight is 366 g/mol. The van der Waals surface area contributed by atoms with Crippen LogP contribution in [-0.4, -0.2) is 44.0 Å². The van der Waals surface area contributed by atoms with Gasteiger partial charge in [-0.3, -0.25) is 9.59 Å². The lowest BCUT2D eigenvalue weighted by molar-refractivity contribution is -0.121. The largest absolute Gasteiger partial charge is 0.486 e. The first kappa shape index (κ1) is 16.7. The number of benzene rings is 1. The van der Waals surface area contributed by atoms with Crippen LogP contribution in [0.15, 0.2) is 36.5 Å². The topological polar surface area (TPSA) is 123 Å². The lowest BCUT2D eigenvalue weighted by Crippen LogP contribution is -2.25. The van der Waals surface area contributed by atoms with E-state index in [0.717, 1.165) is 15.6 Å². The van der Waals surface area contributed by atoms with E-state index in [1.54, 1.807) is 12.1 Å². The number of carboxylic acid groups (broad SMARTS) is 1. The Morgan fingerprint density at radius 1 is 1.26 bits per heavy atom. The van der Waals surface area contributed by atoms with Gasteiger partial charge in [0.15, 0.2) is 17.1 Å². The molecule has 0 unspecified atom stereocenters. The maximum atomic E-state index is 12.4. The van der Waals surface area contributed by atoms with Crippen molar-refractivity contribution in [3.8, 4) is 5.75 Å². The van der Waals surface area contributed by atoms with Crippen LogP contribution in [0.25, 0.3) is 5.65 Å². The second kappa shape index (κ2) is 6.52. The van der Waals surface area contributed by atoms with Gasteiger partial charge in [-0.25, -0.2) is 14.3 Å². The second-order valence-electron chi connectivity index (χ2n) is 6.06. The van der Waals surface area contributed by atoms with Gasteiger partial charge in [0, 0.05) is 30.7 Å². The smallest absolute Gasteiger partial charge is 0.354 e. The van der Waals surface area contributed by atoms with Crippen LogP contribution in [0, 0.1) is 0 Å². The molecule has 27 heavy (non-hydrogen) atoms. The Bertz CT molecular complexity index is 1090. The molecule has 0 fully saturated rings. The standard InChI is InChI=1S/C18H14N4O5/c23-12-6-11-5-10(1-2-15(11)27-9-12)8-19-17(24)13-7-14(18(25)26)22-16(21-13)3-4-20-22/h1-5,7H,6,8-9H2,(H,19,24)(H,25,26). The number of rotatable bonds is 4. The zero-order valence-electron chi connectivity index (χ0n) is 14.0. The maximum Gasteiger partial charge on any atom is 0.354 e. The zero-order valence-corrected chi connectivity index (χ0v) is 14.0. The third kappa shape index (κ3) is 3.22. The number of carbonyl (C=O) groups is 3. The van der Waals surface area contributed by atoms with Crippen LogP contribution >= 0.6 is 0 Å². The number of amides is 1. The van der Waals surface area contributed by atoms with E-state index in [9.17, 15) is 19.5 Å². The van der Waals surface area contributed by atoms with Crippen molar-refractivity contribution in [1.82, 2.24) is 19.9 Å². The van der Waals surface area contributed by atoms with Gasteiger partial charge in [-0.2, -0.15) is 5.10 Å². The summed E-state index contributed by atoms with van der Waals surface area (Å²) in [6.07, 6.45) is 1.71. The zero-order chi connectivity index (χ0) is 19.0. The number of aromatic nitrogens is 3. The van der Waals surface area contributed by atoms with E-state index in [2.05, 4.69) is 15.4 Å². The van der Waals surface area contributed by atoms with Crippen molar-refractivity contribution in [2.45, 2.75) is 13.0 Å². The Labute approximate surface area is 152 Å². The fourth-order valence-electron chi connectivity index (χ4n) is 2.90. The number of aromatic carboxylic acids is 1. The Balaban J connectivity index is 1.53. The van der Waals surface area contributed by atoms with Crippen LogP contribution in [0.4, 0.5) is 0 Å². The highest BCUT2D eigenvalue weighted by molar-refractivity contribution is 5.96. The van der Waals surface area contributed by atoms with E-state index >= 15 is 0 Å². The minimum atomic E-state index is -1.21. The molecule has 0 atom stereocenters. The Morgan fingerprint density at radius 2 is 2.11 bits per heavy atom. The second-order valence-corrected chi connectivity index (χ2v) is 6.06. The molecule has 9 heteroatoms. The van der Waals surface area contributed by atoms with Crippen molar-refractivity contribution in [3.63, 3.8) is 0 Å². The molecule has 136 valence electrons. The number of hydrogen-bond acceptors (Lipinski definition) is 6. The van der Waals surface area contributed by atoms with E-state index in [-0.39, 0.29) is 36.0 Å². The van der Waals surface area contributed by atoms with Crippen molar-refractivity contribution in [2.24, 2.45) is 0 Å². The van der Waals surface area contributed by atoms with Gasteiger partial charge in [0.2, 0.25) is 0 Å². The minimum absolute atomic E-state index is 0.00296. The molecule has 2 aromatic heterocycles. The van der Waals surface area contributed by atoms with E-state index in [4.69, 9.17) is 4.74 Å². The first-order valence-electron chi connectivity index (χ1n) is 8.14. The summed E-state index contributed by atoms with van der Waals surface area (Å²) < 4.78 is 6.50. The van der Waals surface area contributed by atoms with E-state index in [1.807, 2.05) is 6.07 Å². The fraction of sp³-hybridized carbons (Fsp3) is 0.167. The number of nitrogens with zero attached hydrogens (tertiary/aromatic N) is 3. The Kier molecular flexibility index (Phi) is 4.03. The number of ether oxygens (including phenoxy) is 1. The summed E-state index contributed by atoms with van der Waals surface area (Å²) in [6.45, 7) is 0.284. The molecule has 0 saturated carbocycles. The third-order valence-corrected chi connectivity index (χ3v) is 4.17. The normalized spacial score (nSPS) is 13.1. The first-order valence-corrected chi connectivity index (χ1v) is 8.14. The van der Waals surface area contributed by atoms with Crippen LogP contribution in [0.5, 0.6) is 5.75 Å². The van der Waals surface area contributed by atoms with Gasteiger partial charge >= 0.3 is 5.97 Å². The molecule has 1 aliphatic rings. The van der Waals surface area contributed by atoms with Crippen LogP contribution in [0.1, 0.15) is 32.1 Å². The molecule has 1 amide bonds. The quantitative estimate of drug-likeness (QED) is 0.702. The van der Waals surface area contributed by atoms with Gasteiger partial charge in [-0.05, 0) is 17.7 Å². The predicted molar refractivity (Wildman–Crippen MR) is 91.8 cm³/mol. The highest BCUT2D eigenvalue weighted by atomic mass is 16.5. The summed E-state index contributed by atoms with van der Waals surface area (Å²) >= 11 is 0. The molecule has 0 aliphatic carbocycles. The highest BCUT2D eigenvalue weighted by Crippen LogP contribution is 2.24. The number of nitrogens with one attached hydrogen (secondary N) is 1. The third-order valence-electron chi connectivity index (χ3n) is 4.17. The highest BCUT2D eigenvalue weighted by Gasteiger charge is 2.18. The van der Waals surface area contributed by atoms with E-state index < -0.39 is 11.9 Å². The fourth-order valence-corrected chi connectivity index (χ4v) is 2.90. The molecule has 2 N–H and O–H groups in total. The summed E-state index contributed by atoms with van der Waals surface area (Å²) in [6, 6.07) is 8.07. The lowest BCUT2D eigenvalue weighted by atomic mass is 10.0. The Hall–Kier alpha value is -3.75. The number of carbonyl (C=O) groups excluding carboxylic acids is 2. The van der Waals surface area contributed by atoms with Gasteiger partial charge in [0.05, 0.1) is 6.20 Å². The molecule has 1 aromatic carbocycles. The van der Waals surface area contributed by atoms with Crippen molar-refractivity contribution < 1.29 is 24.2 Å². The first-order chi connectivity index (χ1) is 13.0. The van der Waals surface area contributed by atoms with Gasteiger partial charge < -0.3 is 15.2 Å². The molecule has 1 aliphatic heterocycles. The van der Waals surface area contributed by atoms with Gasteiger partial charge in [0.1, 0.15) is 18.1 Å². The van der Waals surface area contributed by atoms with Crippen molar-refractivity contribution in [3.05, 3.63) is 59.0 Å². The molecule has 3 heterocycles. The monoisotopic (exact) mass is 366 g/mol. The number of ketones is 1. The number of hydrogen-bond donors (Lipinski definition) is 2. The molecule has 3 aromatic rings. The number of fused-ring (bicyclic) bond motifs is 2. The Morgan fingerprint density at radius 3 is 2.93 bits per heavy atom. The molecule has 0 spiro atoms. The molecule has 9 nitrogen and oxygen atoms in total. The van der Waals surface area contributed by atoms with Crippen molar-refractivity contribution in [1.29, 1.82) is 0 Å². The number of carboxylic acids is 1. The average Bonchev–Trinajstić information content (AvgIpc) is 3.13. The van der Waals surface area contributed by atoms with E-state index in [1.165, 1.54) is 18.3 Å². The van der Waals surface area contributed by atoms with Gasteiger partial charge in [0.25, 0.3) is 5.91 Å². The number of Topliss-reactive ketones (excluding diaryl/α,β-unsaturated/α-hetero) is 1. The lowest BCUT2D eigenvalue weighted by Gasteiger charge is -2.17. The van der Waals surface area contributed by atoms with Crippen molar-refractivity contribution >= 4 is 23.3 Å². The van der Waals surface area contributed by atoms with Crippen LogP contribution in [-0.2, 0) is 17.8 Å². The van der Waals surface area contributed by atoms with Crippen LogP contribution in [0.2, 0.25) is 0 Å². The van der Waals surface area contributed by atoms with Gasteiger partial charge in [-0.1, -0.05) is 6.07 Å². The summed E-state index contributed by atoms with van der Waals surface area (Å²) in [4.78, 5) is 39.4. The summed E-state index contributed by atoms with van der Waals surface area (Å²) in [7, 11) is 0. The van der Waals surface area contributed by atoms with Crippen LogP contribution in [0.3, 0.4) is 0 Å². The molecular weight excluding hydrogens is 352 g/mol. The molecule has 0 radical (unpaired) electrons. The molecule has 0 bridgehead atoms. The predicted octanol–water partition coefficient (Wildman–Crippen LogP) is 0.861.